The highest BCUT2D eigenvalue weighted by atomic mass is 19.4. The third-order valence-electron chi connectivity index (χ3n) is 3.17. The molecular weight excluding hydrogens is 275 g/mol. The zero-order valence-electron chi connectivity index (χ0n) is 11.2. The molecule has 1 atom stereocenters. The Morgan fingerprint density at radius 2 is 2.20 bits per heavy atom. The van der Waals surface area contributed by atoms with Crippen LogP contribution >= 0.6 is 0 Å². The Hall–Kier alpha value is -1.57. The fourth-order valence-corrected chi connectivity index (χ4v) is 1.99. The molecule has 20 heavy (non-hydrogen) atoms. The highest BCUT2D eigenvalue weighted by molar-refractivity contribution is 5.80. The summed E-state index contributed by atoms with van der Waals surface area (Å²) in [6.07, 6.45) is -0.923. The largest absolute Gasteiger partial charge is 0.468 e. The summed E-state index contributed by atoms with van der Waals surface area (Å²) >= 11 is 0. The smallest absolute Gasteiger partial charge is 0.419 e. The van der Waals surface area contributed by atoms with Crippen molar-refractivity contribution < 1.29 is 22.7 Å². The van der Waals surface area contributed by atoms with E-state index < -0.39 is 23.2 Å². The summed E-state index contributed by atoms with van der Waals surface area (Å²) in [4.78, 5) is 11.9. The van der Waals surface area contributed by atoms with E-state index in [9.17, 15) is 18.0 Å². The average Bonchev–Trinajstić information content (AvgIpc) is 3.02. The van der Waals surface area contributed by atoms with E-state index >= 15 is 0 Å². The van der Waals surface area contributed by atoms with E-state index in [-0.39, 0.29) is 12.6 Å². The molecule has 1 unspecified atom stereocenters. The number of carbonyl (C=O) groups excluding carboxylic acids is 1. The van der Waals surface area contributed by atoms with Crippen LogP contribution in [0.3, 0.4) is 0 Å². The second kappa shape index (κ2) is 5.08. The van der Waals surface area contributed by atoms with Gasteiger partial charge in [-0.15, -0.1) is 0 Å². The highest BCUT2D eigenvalue weighted by Crippen LogP contribution is 2.29. The predicted molar refractivity (Wildman–Crippen MR) is 63.8 cm³/mol. The van der Waals surface area contributed by atoms with Gasteiger partial charge in [-0.25, -0.2) is 4.79 Å². The third kappa shape index (κ3) is 3.30. The molecule has 8 heteroatoms. The number of halogens is 3. The molecule has 1 aromatic heterocycles. The standard InChI is InChI=1S/C12H16F3N3O2/c1-11(10(19)20-2,17-9-3-4-9)7-18-6-8(5-16-18)12(13,14)15/h5-6,9,17H,3-4,7H2,1-2H3. The monoisotopic (exact) mass is 291 g/mol. The molecule has 1 aliphatic carbocycles. The summed E-state index contributed by atoms with van der Waals surface area (Å²) in [7, 11) is 1.25. The first-order chi connectivity index (χ1) is 9.24. The van der Waals surface area contributed by atoms with E-state index in [4.69, 9.17) is 4.74 Å². The molecule has 0 radical (unpaired) electrons. The van der Waals surface area contributed by atoms with E-state index in [0.717, 1.165) is 29.9 Å². The first kappa shape index (κ1) is 14.8. The number of aromatic nitrogens is 2. The number of nitrogens with one attached hydrogen (secondary N) is 1. The van der Waals surface area contributed by atoms with Crippen LogP contribution in [0.15, 0.2) is 12.4 Å². The van der Waals surface area contributed by atoms with Gasteiger partial charge >= 0.3 is 12.1 Å². The maximum Gasteiger partial charge on any atom is 0.419 e. The second-order valence-electron chi connectivity index (χ2n) is 5.17. The summed E-state index contributed by atoms with van der Waals surface area (Å²) in [5, 5.41) is 6.76. The van der Waals surface area contributed by atoms with Gasteiger partial charge in [0.2, 0.25) is 0 Å². The SMILES string of the molecule is COC(=O)C(C)(Cn1cc(C(F)(F)F)cn1)NC1CC1. The molecule has 1 aromatic rings. The third-order valence-corrected chi connectivity index (χ3v) is 3.17. The lowest BCUT2D eigenvalue weighted by Crippen LogP contribution is -2.54. The van der Waals surface area contributed by atoms with Crippen molar-refractivity contribution in [1.29, 1.82) is 0 Å². The van der Waals surface area contributed by atoms with Crippen LogP contribution in [0.5, 0.6) is 0 Å². The average molecular weight is 291 g/mol. The topological polar surface area (TPSA) is 56.2 Å². The molecule has 2 rings (SSSR count). The van der Waals surface area contributed by atoms with Gasteiger partial charge in [-0.2, -0.15) is 18.3 Å². The minimum Gasteiger partial charge on any atom is -0.468 e. The lowest BCUT2D eigenvalue weighted by Gasteiger charge is -2.28. The number of rotatable bonds is 5. The lowest BCUT2D eigenvalue weighted by atomic mass is 10.0. The molecule has 1 N–H and O–H groups in total. The van der Waals surface area contributed by atoms with Crippen molar-refractivity contribution in [1.82, 2.24) is 15.1 Å². The quantitative estimate of drug-likeness (QED) is 0.837. The minimum absolute atomic E-state index is 0.0216. The number of carbonyl (C=O) groups is 1. The Bertz CT molecular complexity index is 496. The van der Waals surface area contributed by atoms with Gasteiger partial charge in [0, 0.05) is 12.2 Å². The van der Waals surface area contributed by atoms with Crippen LogP contribution in [-0.4, -0.2) is 34.4 Å². The summed E-state index contributed by atoms with van der Waals surface area (Å²) in [5.74, 6) is -0.520. The molecule has 112 valence electrons. The van der Waals surface area contributed by atoms with Gasteiger partial charge in [-0.05, 0) is 19.8 Å². The van der Waals surface area contributed by atoms with E-state index in [1.165, 1.54) is 7.11 Å². The second-order valence-corrected chi connectivity index (χ2v) is 5.17. The minimum atomic E-state index is -4.44. The van der Waals surface area contributed by atoms with Gasteiger partial charge in [-0.3, -0.25) is 10.00 Å². The molecule has 1 saturated carbocycles. The number of methoxy groups -OCH3 is 1. The molecule has 1 fully saturated rings. The molecule has 0 aliphatic heterocycles. The summed E-state index contributed by atoms with van der Waals surface area (Å²) in [6, 6.07) is 0.205. The number of ether oxygens (including phenoxy) is 1. The van der Waals surface area contributed by atoms with Crippen LogP contribution in [-0.2, 0) is 22.3 Å². The number of hydrogen-bond donors (Lipinski definition) is 1. The maximum atomic E-state index is 12.5. The highest BCUT2D eigenvalue weighted by Gasteiger charge is 2.40. The van der Waals surface area contributed by atoms with Gasteiger partial charge in [0.05, 0.1) is 25.4 Å². The first-order valence-electron chi connectivity index (χ1n) is 6.20. The molecular formula is C12H16F3N3O2. The van der Waals surface area contributed by atoms with E-state index in [2.05, 4.69) is 10.4 Å². The maximum absolute atomic E-state index is 12.5. The summed E-state index contributed by atoms with van der Waals surface area (Å²) in [6.45, 7) is 1.58. The fraction of sp³-hybridized carbons (Fsp3) is 0.667. The number of esters is 1. The predicted octanol–water partition coefficient (Wildman–Crippen LogP) is 1.59. The Morgan fingerprint density at radius 1 is 1.55 bits per heavy atom. The van der Waals surface area contributed by atoms with Crippen LogP contribution in [0.1, 0.15) is 25.3 Å². The number of nitrogens with zero attached hydrogens (tertiary/aromatic N) is 2. The van der Waals surface area contributed by atoms with Gasteiger partial charge in [-0.1, -0.05) is 0 Å². The van der Waals surface area contributed by atoms with Crippen LogP contribution in [0.25, 0.3) is 0 Å². The molecule has 0 spiro atoms. The summed E-state index contributed by atoms with van der Waals surface area (Å²) in [5.41, 5.74) is -1.93. The Kier molecular flexibility index (Phi) is 3.77. The van der Waals surface area contributed by atoms with Gasteiger partial charge in [0.15, 0.2) is 0 Å². The van der Waals surface area contributed by atoms with Crippen molar-refractivity contribution in [2.24, 2.45) is 0 Å². The fourth-order valence-electron chi connectivity index (χ4n) is 1.99. The molecule has 0 saturated heterocycles. The van der Waals surface area contributed by atoms with Crippen molar-refractivity contribution in [2.45, 2.75) is 44.1 Å². The van der Waals surface area contributed by atoms with E-state index in [1.807, 2.05) is 0 Å². The Morgan fingerprint density at radius 3 is 2.65 bits per heavy atom. The molecule has 1 aliphatic rings. The number of hydrogen-bond acceptors (Lipinski definition) is 4. The van der Waals surface area contributed by atoms with E-state index in [1.54, 1.807) is 6.92 Å². The van der Waals surface area contributed by atoms with Gasteiger partial charge in [0.25, 0.3) is 0 Å². The molecule has 0 bridgehead atoms. The van der Waals surface area contributed by atoms with Gasteiger partial charge < -0.3 is 4.74 Å². The van der Waals surface area contributed by atoms with Crippen molar-refractivity contribution >= 4 is 5.97 Å². The van der Waals surface area contributed by atoms with Crippen LogP contribution < -0.4 is 5.32 Å². The number of alkyl halides is 3. The zero-order chi connectivity index (χ0) is 15.0. The Labute approximate surface area is 114 Å². The van der Waals surface area contributed by atoms with Crippen LogP contribution in [0.2, 0.25) is 0 Å². The van der Waals surface area contributed by atoms with Crippen LogP contribution in [0.4, 0.5) is 13.2 Å². The van der Waals surface area contributed by atoms with Crippen molar-refractivity contribution in [3.05, 3.63) is 18.0 Å². The lowest BCUT2D eigenvalue weighted by molar-refractivity contribution is -0.148. The molecule has 0 amide bonds. The zero-order valence-corrected chi connectivity index (χ0v) is 11.2. The Balaban J connectivity index is 2.14. The van der Waals surface area contributed by atoms with E-state index in [0.29, 0.717) is 0 Å². The van der Waals surface area contributed by atoms with Gasteiger partial charge in [0.1, 0.15) is 5.54 Å². The van der Waals surface area contributed by atoms with Crippen molar-refractivity contribution in [3.63, 3.8) is 0 Å². The van der Waals surface area contributed by atoms with Crippen molar-refractivity contribution in [3.8, 4) is 0 Å². The van der Waals surface area contributed by atoms with Crippen LogP contribution in [0, 0.1) is 0 Å². The molecule has 0 aromatic carbocycles. The summed E-state index contributed by atoms with van der Waals surface area (Å²) < 4.78 is 43.4. The molecule has 1 heterocycles. The molecule has 5 nitrogen and oxygen atoms in total. The normalized spacial score (nSPS) is 18.6. The van der Waals surface area contributed by atoms with Crippen molar-refractivity contribution in [2.75, 3.05) is 7.11 Å². The first-order valence-corrected chi connectivity index (χ1v) is 6.20.